The van der Waals surface area contributed by atoms with Gasteiger partial charge in [0, 0.05) is 16.6 Å². The number of β-amino-alcohol motifs (C(OH)–C–C–N with tert-alkyl or cyclic N) is 1. The van der Waals surface area contributed by atoms with Gasteiger partial charge >= 0.3 is 0 Å². The third-order valence-corrected chi connectivity index (χ3v) is 6.95. The molecule has 160 valence electrons. The maximum absolute atomic E-state index is 12.9. The van der Waals surface area contributed by atoms with Crippen LogP contribution in [0.4, 0.5) is 5.69 Å². The molecular weight excluding hydrogens is 434 g/mol. The molecule has 1 aliphatic rings. The molecule has 2 atom stereocenters. The van der Waals surface area contributed by atoms with Gasteiger partial charge in [-0.25, -0.2) is 18.1 Å². The van der Waals surface area contributed by atoms with E-state index >= 15 is 0 Å². The fourth-order valence-corrected chi connectivity index (χ4v) is 4.68. The Bertz CT molecular complexity index is 1190. The second-order valence-electron chi connectivity index (χ2n) is 7.43. The van der Waals surface area contributed by atoms with E-state index in [4.69, 9.17) is 11.6 Å². The largest absolute Gasteiger partial charge is 0.367 e. The van der Waals surface area contributed by atoms with Gasteiger partial charge in [0.2, 0.25) is 5.96 Å². The smallest absolute Gasteiger partial charge is 0.264 e. The van der Waals surface area contributed by atoms with Crippen LogP contribution in [0, 0.1) is 0 Å². The Balaban J connectivity index is 1.73. The lowest BCUT2D eigenvalue weighted by Gasteiger charge is -2.29. The van der Waals surface area contributed by atoms with E-state index in [0.29, 0.717) is 10.7 Å². The van der Waals surface area contributed by atoms with Crippen molar-refractivity contribution in [2.45, 2.75) is 23.5 Å². The first-order chi connectivity index (χ1) is 14.8. The van der Waals surface area contributed by atoms with E-state index in [-0.39, 0.29) is 23.3 Å². The summed E-state index contributed by atoms with van der Waals surface area (Å²) in [6.07, 6.45) is 0. The molecule has 0 aromatic heterocycles. The van der Waals surface area contributed by atoms with Crippen molar-refractivity contribution >= 4 is 33.3 Å². The lowest BCUT2D eigenvalue weighted by molar-refractivity contribution is 0.0431. The Morgan fingerprint density at radius 2 is 1.58 bits per heavy atom. The molecule has 0 radical (unpaired) electrons. The number of aliphatic imine (C=N–C) groups is 1. The van der Waals surface area contributed by atoms with Gasteiger partial charge in [-0.1, -0.05) is 67.1 Å². The third kappa shape index (κ3) is 4.44. The summed E-state index contributed by atoms with van der Waals surface area (Å²) in [5, 5.41) is 12.0. The van der Waals surface area contributed by atoms with Gasteiger partial charge < -0.3 is 10.0 Å². The molecule has 6 nitrogen and oxygen atoms in total. The highest BCUT2D eigenvalue weighted by molar-refractivity contribution is 7.90. The number of sulfonamides is 1. The van der Waals surface area contributed by atoms with Crippen molar-refractivity contribution in [2.24, 2.45) is 4.99 Å². The maximum atomic E-state index is 12.9. The molecule has 0 spiro atoms. The Hall–Kier alpha value is -2.87. The molecule has 3 aromatic carbocycles. The maximum Gasteiger partial charge on any atom is 0.264 e. The monoisotopic (exact) mass is 455 g/mol. The Kier molecular flexibility index (Phi) is 5.75. The fourth-order valence-electron chi connectivity index (χ4n) is 3.52. The first kappa shape index (κ1) is 21.4. The number of anilines is 1. The van der Waals surface area contributed by atoms with Gasteiger partial charge in [-0.2, -0.15) is 0 Å². The predicted molar refractivity (Wildman–Crippen MR) is 123 cm³/mol. The highest BCUT2D eigenvalue weighted by Gasteiger charge is 2.44. The fraction of sp³-hybridized carbons (Fsp3) is 0.174. The minimum Gasteiger partial charge on any atom is -0.367 e. The van der Waals surface area contributed by atoms with E-state index in [2.05, 4.69) is 9.71 Å². The van der Waals surface area contributed by atoms with E-state index in [1.165, 1.54) is 12.1 Å². The molecule has 2 N–H and O–H groups in total. The third-order valence-electron chi connectivity index (χ3n) is 5.36. The molecule has 0 amide bonds. The molecule has 1 aliphatic heterocycles. The number of nitrogens with zero attached hydrogens (tertiary/aromatic N) is 2. The van der Waals surface area contributed by atoms with Crippen molar-refractivity contribution in [1.82, 2.24) is 4.72 Å². The van der Waals surface area contributed by atoms with Crippen molar-refractivity contribution in [2.75, 3.05) is 11.4 Å². The molecule has 3 aromatic rings. The van der Waals surface area contributed by atoms with Gasteiger partial charge in [0.15, 0.2) is 5.72 Å². The van der Waals surface area contributed by atoms with Crippen LogP contribution in [-0.2, 0) is 10.0 Å². The normalized spacial score (nSPS) is 19.7. The topological polar surface area (TPSA) is 82.0 Å². The van der Waals surface area contributed by atoms with E-state index in [1.54, 1.807) is 47.4 Å². The van der Waals surface area contributed by atoms with Crippen LogP contribution < -0.4 is 9.62 Å². The zero-order chi connectivity index (χ0) is 22.1. The number of halogens is 1. The molecule has 1 heterocycles. The lowest BCUT2D eigenvalue weighted by Crippen LogP contribution is -2.44. The van der Waals surface area contributed by atoms with Crippen LogP contribution in [0.25, 0.3) is 0 Å². The standard InChI is InChI=1S/C23H22ClN3O3S/c1-17(18-8-4-2-5-9-18)23(28)16-27(20-14-12-19(24)13-15-20)22(25-23)26-31(29,30)21-10-6-3-7-11-21/h2-15,17,28H,16H2,1H3,(H,25,26). The van der Waals surface area contributed by atoms with Gasteiger partial charge in [0.05, 0.1) is 11.4 Å². The molecule has 8 heteroatoms. The number of aliphatic hydroxyl groups is 1. The minimum absolute atomic E-state index is 0.0523. The summed E-state index contributed by atoms with van der Waals surface area (Å²) in [6.45, 7) is 1.95. The molecule has 0 fully saturated rings. The Morgan fingerprint density at radius 1 is 1.00 bits per heavy atom. The number of guanidine groups is 1. The highest BCUT2D eigenvalue weighted by atomic mass is 35.5. The summed E-state index contributed by atoms with van der Waals surface area (Å²) in [7, 11) is -3.89. The van der Waals surface area contributed by atoms with Crippen LogP contribution in [0.1, 0.15) is 18.4 Å². The average molecular weight is 456 g/mol. The number of hydrogen-bond donors (Lipinski definition) is 2. The molecular formula is C23H22ClN3O3S. The number of rotatable bonds is 5. The molecule has 31 heavy (non-hydrogen) atoms. The van der Waals surface area contributed by atoms with Gasteiger partial charge in [-0.15, -0.1) is 0 Å². The zero-order valence-corrected chi connectivity index (χ0v) is 18.4. The van der Waals surface area contributed by atoms with Crippen molar-refractivity contribution in [3.8, 4) is 0 Å². The summed E-state index contributed by atoms with van der Waals surface area (Å²) < 4.78 is 28.4. The molecule has 2 unspecified atom stereocenters. The van der Waals surface area contributed by atoms with Crippen molar-refractivity contribution in [1.29, 1.82) is 0 Å². The SMILES string of the molecule is CC(c1ccccc1)C1(O)CN(c2ccc(Cl)cc2)C(NS(=O)(=O)c2ccccc2)=N1. The zero-order valence-electron chi connectivity index (χ0n) is 16.8. The second kappa shape index (κ2) is 8.34. The summed E-state index contributed by atoms with van der Waals surface area (Å²) in [6, 6.07) is 24.5. The molecule has 0 saturated carbocycles. The molecule has 0 saturated heterocycles. The molecule has 0 aliphatic carbocycles. The lowest BCUT2D eigenvalue weighted by atomic mass is 9.90. The van der Waals surface area contributed by atoms with Gasteiger partial charge in [0.25, 0.3) is 10.0 Å². The first-order valence-corrected chi connectivity index (χ1v) is 11.6. The van der Waals surface area contributed by atoms with Crippen LogP contribution in [0.15, 0.2) is 94.8 Å². The number of nitrogens with one attached hydrogen (secondary N) is 1. The summed E-state index contributed by atoms with van der Waals surface area (Å²) in [5.74, 6) is -0.321. The van der Waals surface area contributed by atoms with Crippen molar-refractivity contribution in [3.63, 3.8) is 0 Å². The van der Waals surface area contributed by atoms with Gasteiger partial charge in [-0.05, 0) is 42.0 Å². The van der Waals surface area contributed by atoms with Gasteiger partial charge in [0.1, 0.15) is 0 Å². The van der Waals surface area contributed by atoms with Crippen molar-refractivity contribution in [3.05, 3.63) is 95.5 Å². The van der Waals surface area contributed by atoms with Crippen LogP contribution in [0.2, 0.25) is 5.02 Å². The van der Waals surface area contributed by atoms with Crippen molar-refractivity contribution < 1.29 is 13.5 Å². The number of benzene rings is 3. The number of hydrogen-bond acceptors (Lipinski definition) is 5. The van der Waals surface area contributed by atoms with Crippen LogP contribution in [-0.4, -0.2) is 31.8 Å². The minimum atomic E-state index is -3.89. The summed E-state index contributed by atoms with van der Waals surface area (Å²) in [4.78, 5) is 6.22. The van der Waals surface area contributed by atoms with E-state index < -0.39 is 15.7 Å². The van der Waals surface area contributed by atoms with Crippen LogP contribution >= 0.6 is 11.6 Å². The predicted octanol–water partition coefficient (Wildman–Crippen LogP) is 3.99. The quantitative estimate of drug-likeness (QED) is 0.609. The Labute approximate surface area is 186 Å². The average Bonchev–Trinajstić information content (AvgIpc) is 3.11. The summed E-state index contributed by atoms with van der Waals surface area (Å²) in [5.41, 5.74) is 0.0299. The van der Waals surface area contributed by atoms with Gasteiger partial charge in [-0.3, -0.25) is 0 Å². The molecule has 4 rings (SSSR count). The summed E-state index contributed by atoms with van der Waals surface area (Å²) >= 11 is 6.02. The van der Waals surface area contributed by atoms with Crippen LogP contribution in [0.5, 0.6) is 0 Å². The second-order valence-corrected chi connectivity index (χ2v) is 9.55. The van der Waals surface area contributed by atoms with E-state index in [9.17, 15) is 13.5 Å². The van der Waals surface area contributed by atoms with Crippen LogP contribution in [0.3, 0.4) is 0 Å². The first-order valence-electron chi connectivity index (χ1n) is 9.77. The van der Waals surface area contributed by atoms with E-state index in [0.717, 1.165) is 5.56 Å². The Morgan fingerprint density at radius 3 is 2.19 bits per heavy atom. The highest BCUT2D eigenvalue weighted by Crippen LogP contribution is 2.36. The molecule has 0 bridgehead atoms. The van der Waals surface area contributed by atoms with E-state index in [1.807, 2.05) is 37.3 Å².